The van der Waals surface area contributed by atoms with Crippen molar-refractivity contribution in [1.29, 1.82) is 0 Å². The molecule has 2 nitrogen and oxygen atoms in total. The summed E-state index contributed by atoms with van der Waals surface area (Å²) in [6, 6.07) is 15.4. The Labute approximate surface area is 89.3 Å². The van der Waals surface area contributed by atoms with Crippen LogP contribution in [0, 0.1) is 0 Å². The lowest BCUT2D eigenvalue weighted by Gasteiger charge is -2.38. The lowest BCUT2D eigenvalue weighted by Crippen LogP contribution is -2.55. The second-order valence-electron chi connectivity index (χ2n) is 4.20. The summed E-state index contributed by atoms with van der Waals surface area (Å²) < 4.78 is 0. The molecule has 0 radical (unpaired) electrons. The molecule has 1 heterocycles. The first kappa shape index (κ1) is 8.74. The number of fused-ring (bicyclic) bond motifs is 1. The molecular weight excluding hydrogens is 184 g/mol. The molecule has 0 saturated carbocycles. The van der Waals surface area contributed by atoms with Crippen LogP contribution in [0.4, 0.5) is 5.69 Å². The zero-order valence-corrected chi connectivity index (χ0v) is 8.56. The van der Waals surface area contributed by atoms with Crippen LogP contribution >= 0.6 is 0 Å². The lowest BCUT2D eigenvalue weighted by atomic mass is 10.1. The number of nitrogens with zero attached hydrogens (tertiary/aromatic N) is 1. The lowest BCUT2D eigenvalue weighted by molar-refractivity contribution is 0.520. The molecule has 3 rings (SSSR count). The molecule has 0 spiro atoms. The van der Waals surface area contributed by atoms with E-state index >= 15 is 0 Å². The molecule has 76 valence electrons. The molecule has 1 aliphatic heterocycles. The van der Waals surface area contributed by atoms with Crippen LogP contribution in [0.1, 0.15) is 0 Å². The van der Waals surface area contributed by atoms with Crippen molar-refractivity contribution in [2.24, 2.45) is 5.73 Å². The highest BCUT2D eigenvalue weighted by Crippen LogP contribution is 2.24. The van der Waals surface area contributed by atoms with Crippen LogP contribution in [0.15, 0.2) is 42.5 Å². The van der Waals surface area contributed by atoms with E-state index in [-0.39, 0.29) is 0 Å². The minimum Gasteiger partial charge on any atom is -0.368 e. The van der Waals surface area contributed by atoms with Crippen molar-refractivity contribution in [3.05, 3.63) is 42.5 Å². The van der Waals surface area contributed by atoms with Gasteiger partial charge in [-0.25, -0.2) is 0 Å². The summed E-state index contributed by atoms with van der Waals surface area (Å²) in [6.45, 7) is 1.97. The van der Waals surface area contributed by atoms with E-state index in [9.17, 15) is 0 Å². The number of hydrogen-bond acceptors (Lipinski definition) is 2. The van der Waals surface area contributed by atoms with Gasteiger partial charge in [0.1, 0.15) is 0 Å². The van der Waals surface area contributed by atoms with Crippen molar-refractivity contribution < 1.29 is 0 Å². The summed E-state index contributed by atoms with van der Waals surface area (Å²) in [5, 5.41) is 2.60. The minimum absolute atomic E-state index is 0.358. The van der Waals surface area contributed by atoms with Crippen LogP contribution in [-0.2, 0) is 0 Å². The number of rotatable bonds is 1. The molecule has 2 aromatic rings. The highest BCUT2D eigenvalue weighted by atomic mass is 15.2. The van der Waals surface area contributed by atoms with Crippen LogP contribution < -0.4 is 10.6 Å². The second-order valence-corrected chi connectivity index (χ2v) is 4.20. The van der Waals surface area contributed by atoms with Gasteiger partial charge in [-0.2, -0.15) is 0 Å². The maximum Gasteiger partial charge on any atom is 0.0395 e. The van der Waals surface area contributed by atoms with Gasteiger partial charge in [0.2, 0.25) is 0 Å². The standard InChI is InChI=1S/C13H14N2/c14-12-8-15(9-12)13-6-5-10-3-1-2-4-11(10)7-13/h1-7,12H,8-9,14H2. The highest BCUT2D eigenvalue weighted by Gasteiger charge is 2.22. The molecule has 0 aromatic heterocycles. The Balaban J connectivity index is 1.99. The van der Waals surface area contributed by atoms with Gasteiger partial charge < -0.3 is 10.6 Å². The summed E-state index contributed by atoms with van der Waals surface area (Å²) in [5.74, 6) is 0. The van der Waals surface area contributed by atoms with Gasteiger partial charge in [-0.1, -0.05) is 30.3 Å². The van der Waals surface area contributed by atoms with Gasteiger partial charge in [0, 0.05) is 24.8 Å². The Hall–Kier alpha value is -1.54. The van der Waals surface area contributed by atoms with Gasteiger partial charge in [0.05, 0.1) is 0 Å². The Morgan fingerprint density at radius 2 is 1.73 bits per heavy atom. The van der Waals surface area contributed by atoms with E-state index in [4.69, 9.17) is 5.73 Å². The van der Waals surface area contributed by atoms with Crippen LogP contribution in [0.3, 0.4) is 0 Å². The van der Waals surface area contributed by atoms with Gasteiger partial charge >= 0.3 is 0 Å². The monoisotopic (exact) mass is 198 g/mol. The predicted molar refractivity (Wildman–Crippen MR) is 64.1 cm³/mol. The van der Waals surface area contributed by atoms with Crippen molar-refractivity contribution in [3.63, 3.8) is 0 Å². The topological polar surface area (TPSA) is 29.3 Å². The third kappa shape index (κ3) is 1.47. The van der Waals surface area contributed by atoms with E-state index in [1.165, 1.54) is 16.5 Å². The Morgan fingerprint density at radius 3 is 2.47 bits per heavy atom. The highest BCUT2D eigenvalue weighted by molar-refractivity contribution is 5.86. The van der Waals surface area contributed by atoms with Crippen molar-refractivity contribution in [3.8, 4) is 0 Å². The first-order valence-corrected chi connectivity index (χ1v) is 5.32. The fourth-order valence-corrected chi connectivity index (χ4v) is 2.10. The molecule has 1 aliphatic rings. The zero-order chi connectivity index (χ0) is 10.3. The van der Waals surface area contributed by atoms with E-state index < -0.39 is 0 Å². The first-order valence-electron chi connectivity index (χ1n) is 5.32. The van der Waals surface area contributed by atoms with E-state index in [0.29, 0.717) is 6.04 Å². The predicted octanol–water partition coefficient (Wildman–Crippen LogP) is 1.99. The summed E-state index contributed by atoms with van der Waals surface area (Å²) in [4.78, 5) is 2.32. The maximum atomic E-state index is 5.78. The Morgan fingerprint density at radius 1 is 1.00 bits per heavy atom. The summed E-state index contributed by atoms with van der Waals surface area (Å²) >= 11 is 0. The fraction of sp³-hybridized carbons (Fsp3) is 0.231. The second kappa shape index (κ2) is 3.24. The quantitative estimate of drug-likeness (QED) is 0.759. The van der Waals surface area contributed by atoms with Crippen LogP contribution in [0.2, 0.25) is 0 Å². The Bertz CT molecular complexity index is 487. The molecular formula is C13H14N2. The van der Waals surface area contributed by atoms with Crippen molar-refractivity contribution >= 4 is 16.5 Å². The molecule has 1 fully saturated rings. The molecule has 0 amide bonds. The first-order chi connectivity index (χ1) is 7.33. The molecule has 0 bridgehead atoms. The van der Waals surface area contributed by atoms with Crippen molar-refractivity contribution in [2.75, 3.05) is 18.0 Å². The number of hydrogen-bond donors (Lipinski definition) is 1. The number of benzene rings is 2. The van der Waals surface area contributed by atoms with E-state index in [1.807, 2.05) is 0 Å². The van der Waals surface area contributed by atoms with Crippen molar-refractivity contribution in [1.82, 2.24) is 0 Å². The number of anilines is 1. The summed E-state index contributed by atoms with van der Waals surface area (Å²) in [6.07, 6.45) is 0. The third-order valence-corrected chi connectivity index (χ3v) is 3.01. The molecule has 0 aliphatic carbocycles. The normalized spacial score (nSPS) is 16.7. The van der Waals surface area contributed by atoms with Gasteiger partial charge in [-0.15, -0.1) is 0 Å². The molecule has 15 heavy (non-hydrogen) atoms. The van der Waals surface area contributed by atoms with Gasteiger partial charge in [-0.05, 0) is 22.9 Å². The summed E-state index contributed by atoms with van der Waals surface area (Å²) in [7, 11) is 0. The SMILES string of the molecule is NC1CN(c2ccc3ccccc3c2)C1. The molecule has 1 saturated heterocycles. The summed E-state index contributed by atoms with van der Waals surface area (Å²) in [5.41, 5.74) is 7.06. The third-order valence-electron chi connectivity index (χ3n) is 3.01. The van der Waals surface area contributed by atoms with Crippen LogP contribution in [0.5, 0.6) is 0 Å². The molecule has 2 heteroatoms. The average molecular weight is 198 g/mol. The van der Waals surface area contributed by atoms with E-state index in [1.54, 1.807) is 0 Å². The number of nitrogens with two attached hydrogens (primary N) is 1. The largest absolute Gasteiger partial charge is 0.368 e. The van der Waals surface area contributed by atoms with Gasteiger partial charge in [0.25, 0.3) is 0 Å². The molecule has 2 aromatic carbocycles. The van der Waals surface area contributed by atoms with Crippen molar-refractivity contribution in [2.45, 2.75) is 6.04 Å². The average Bonchev–Trinajstić information content (AvgIpc) is 2.24. The van der Waals surface area contributed by atoms with E-state index in [2.05, 4.69) is 47.4 Å². The van der Waals surface area contributed by atoms with Gasteiger partial charge in [-0.3, -0.25) is 0 Å². The van der Waals surface area contributed by atoms with Crippen LogP contribution in [0.25, 0.3) is 10.8 Å². The molecule has 0 unspecified atom stereocenters. The zero-order valence-electron chi connectivity index (χ0n) is 8.56. The fourth-order valence-electron chi connectivity index (χ4n) is 2.10. The van der Waals surface area contributed by atoms with Crippen LogP contribution in [-0.4, -0.2) is 19.1 Å². The minimum atomic E-state index is 0.358. The Kier molecular flexibility index (Phi) is 1.89. The smallest absolute Gasteiger partial charge is 0.0395 e. The molecule has 0 atom stereocenters. The van der Waals surface area contributed by atoms with Gasteiger partial charge in [0.15, 0.2) is 0 Å². The maximum absolute atomic E-state index is 5.78. The van der Waals surface area contributed by atoms with E-state index in [0.717, 1.165) is 13.1 Å². The molecule has 2 N–H and O–H groups in total.